The summed E-state index contributed by atoms with van der Waals surface area (Å²) in [4.78, 5) is 12.2. The van der Waals surface area contributed by atoms with Crippen LogP contribution in [0.3, 0.4) is 0 Å². The van der Waals surface area contributed by atoms with Crippen LogP contribution in [0.2, 0.25) is 0 Å². The largest absolute Gasteiger partial charge is 0.294 e. The topological polar surface area (TPSA) is 17.1 Å². The quantitative estimate of drug-likeness (QED) is 0.700. The van der Waals surface area contributed by atoms with Crippen LogP contribution in [0, 0.1) is 12.8 Å². The minimum Gasteiger partial charge on any atom is -0.294 e. The number of carbonyl (C=O) groups is 1. The van der Waals surface area contributed by atoms with Crippen LogP contribution in [0.25, 0.3) is 0 Å². The number of aryl methyl sites for hydroxylation is 1. The van der Waals surface area contributed by atoms with Crippen molar-refractivity contribution >= 4 is 5.78 Å². The summed E-state index contributed by atoms with van der Waals surface area (Å²) in [6, 6.07) is 6.26. The Hall–Kier alpha value is -1.11. The van der Waals surface area contributed by atoms with Gasteiger partial charge in [0.25, 0.3) is 0 Å². The third kappa shape index (κ3) is 3.69. The highest BCUT2D eigenvalue weighted by Gasteiger charge is 2.17. The number of ketones is 1. The van der Waals surface area contributed by atoms with Gasteiger partial charge in [-0.15, -0.1) is 0 Å². The van der Waals surface area contributed by atoms with Gasteiger partial charge < -0.3 is 0 Å². The van der Waals surface area contributed by atoms with Gasteiger partial charge in [0.2, 0.25) is 0 Å². The van der Waals surface area contributed by atoms with E-state index in [0.29, 0.717) is 12.3 Å². The second-order valence-electron chi connectivity index (χ2n) is 6.30. The van der Waals surface area contributed by atoms with Gasteiger partial charge in [-0.25, -0.2) is 0 Å². The van der Waals surface area contributed by atoms with E-state index in [4.69, 9.17) is 0 Å². The summed E-state index contributed by atoms with van der Waals surface area (Å²) in [7, 11) is 0. The van der Waals surface area contributed by atoms with Crippen LogP contribution >= 0.6 is 0 Å². The molecule has 94 valence electrons. The van der Waals surface area contributed by atoms with Crippen molar-refractivity contribution in [1.82, 2.24) is 0 Å². The van der Waals surface area contributed by atoms with Crippen LogP contribution < -0.4 is 0 Å². The van der Waals surface area contributed by atoms with Gasteiger partial charge in [0.1, 0.15) is 0 Å². The molecule has 0 aromatic heterocycles. The van der Waals surface area contributed by atoms with Crippen molar-refractivity contribution in [3.05, 3.63) is 34.9 Å². The fourth-order valence-corrected chi connectivity index (χ4v) is 1.87. The number of Topliss-reactive ketones (excluding diaryl/α,β-unsaturated/α-hetero) is 1. The second-order valence-corrected chi connectivity index (χ2v) is 6.30. The van der Waals surface area contributed by atoms with Crippen molar-refractivity contribution in [2.45, 2.75) is 53.4 Å². The van der Waals surface area contributed by atoms with Crippen LogP contribution in [0.5, 0.6) is 0 Å². The Balaban J connectivity index is 3.11. The SMILES string of the molecule is Cc1ccc(C(C)(C)C)cc1C(=O)CC(C)C. The molecule has 0 aliphatic heterocycles. The van der Waals surface area contributed by atoms with E-state index in [0.717, 1.165) is 11.1 Å². The van der Waals surface area contributed by atoms with Gasteiger partial charge >= 0.3 is 0 Å². The molecule has 0 saturated carbocycles. The van der Waals surface area contributed by atoms with E-state index in [-0.39, 0.29) is 11.2 Å². The minimum absolute atomic E-state index is 0.0978. The summed E-state index contributed by atoms with van der Waals surface area (Å²) >= 11 is 0. The summed E-state index contributed by atoms with van der Waals surface area (Å²) in [5, 5.41) is 0. The average Bonchev–Trinajstić information content (AvgIpc) is 2.15. The average molecular weight is 232 g/mol. The first-order chi connectivity index (χ1) is 7.71. The third-order valence-electron chi connectivity index (χ3n) is 3.00. The molecule has 1 aromatic carbocycles. The van der Waals surface area contributed by atoms with Gasteiger partial charge in [-0.3, -0.25) is 4.79 Å². The molecule has 0 heterocycles. The zero-order valence-electron chi connectivity index (χ0n) is 11.9. The lowest BCUT2D eigenvalue weighted by Crippen LogP contribution is -2.13. The molecule has 1 aromatic rings. The predicted octanol–water partition coefficient (Wildman–Crippen LogP) is 4.52. The summed E-state index contributed by atoms with van der Waals surface area (Å²) in [6.45, 7) is 12.7. The van der Waals surface area contributed by atoms with Crippen molar-refractivity contribution in [2.24, 2.45) is 5.92 Å². The van der Waals surface area contributed by atoms with Crippen molar-refractivity contribution in [3.8, 4) is 0 Å². The molecule has 0 unspecified atom stereocenters. The van der Waals surface area contributed by atoms with Gasteiger partial charge in [-0.05, 0) is 35.4 Å². The van der Waals surface area contributed by atoms with E-state index in [1.165, 1.54) is 5.56 Å². The van der Waals surface area contributed by atoms with E-state index in [9.17, 15) is 4.79 Å². The fourth-order valence-electron chi connectivity index (χ4n) is 1.87. The molecule has 1 heteroatoms. The molecule has 1 rings (SSSR count). The lowest BCUT2D eigenvalue weighted by Gasteiger charge is -2.20. The van der Waals surface area contributed by atoms with Gasteiger partial charge in [-0.1, -0.05) is 46.8 Å². The van der Waals surface area contributed by atoms with E-state index in [1.54, 1.807) is 0 Å². The third-order valence-corrected chi connectivity index (χ3v) is 3.00. The monoisotopic (exact) mass is 232 g/mol. The van der Waals surface area contributed by atoms with Crippen molar-refractivity contribution in [1.29, 1.82) is 0 Å². The molecule has 0 N–H and O–H groups in total. The Kier molecular flexibility index (Phi) is 4.13. The van der Waals surface area contributed by atoms with Crippen molar-refractivity contribution in [2.75, 3.05) is 0 Å². The maximum Gasteiger partial charge on any atom is 0.163 e. The zero-order chi connectivity index (χ0) is 13.2. The van der Waals surface area contributed by atoms with Crippen LogP contribution in [0.4, 0.5) is 0 Å². The maximum atomic E-state index is 12.2. The Bertz CT molecular complexity index is 408. The van der Waals surface area contributed by atoms with E-state index >= 15 is 0 Å². The molecule has 0 bridgehead atoms. The molecule has 0 aliphatic rings. The van der Waals surface area contributed by atoms with Crippen LogP contribution in [0.15, 0.2) is 18.2 Å². The normalized spacial score (nSPS) is 11.9. The summed E-state index contributed by atoms with van der Waals surface area (Å²) in [5.74, 6) is 0.684. The van der Waals surface area contributed by atoms with Crippen LogP contribution in [-0.4, -0.2) is 5.78 Å². The molecule has 0 atom stereocenters. The molecule has 0 saturated heterocycles. The fraction of sp³-hybridized carbons (Fsp3) is 0.562. The standard InChI is InChI=1S/C16H24O/c1-11(2)9-15(17)14-10-13(16(4,5)6)8-7-12(14)3/h7-8,10-11H,9H2,1-6H3. The molecule has 17 heavy (non-hydrogen) atoms. The first-order valence-electron chi connectivity index (χ1n) is 6.36. The Morgan fingerprint density at radius 1 is 1.24 bits per heavy atom. The molecule has 0 radical (unpaired) electrons. The Labute approximate surface area is 105 Å². The lowest BCUT2D eigenvalue weighted by molar-refractivity contribution is 0.0967. The molecule has 0 spiro atoms. The minimum atomic E-state index is 0.0978. The lowest BCUT2D eigenvalue weighted by atomic mass is 9.84. The van der Waals surface area contributed by atoms with Crippen molar-refractivity contribution in [3.63, 3.8) is 0 Å². The second kappa shape index (κ2) is 5.03. The number of hydrogen-bond donors (Lipinski definition) is 0. The van der Waals surface area contributed by atoms with Gasteiger partial charge in [0.05, 0.1) is 0 Å². The first-order valence-corrected chi connectivity index (χ1v) is 6.36. The molecule has 0 aliphatic carbocycles. The Morgan fingerprint density at radius 3 is 2.29 bits per heavy atom. The summed E-state index contributed by atoms with van der Waals surface area (Å²) in [6.07, 6.45) is 0.633. The van der Waals surface area contributed by atoms with Crippen molar-refractivity contribution < 1.29 is 4.79 Å². The molecule has 1 nitrogen and oxygen atoms in total. The molecular formula is C16H24O. The molecular weight excluding hydrogens is 208 g/mol. The first kappa shape index (κ1) is 14.0. The number of hydrogen-bond acceptors (Lipinski definition) is 1. The predicted molar refractivity (Wildman–Crippen MR) is 73.7 cm³/mol. The van der Waals surface area contributed by atoms with Gasteiger partial charge in [-0.2, -0.15) is 0 Å². The molecule has 0 amide bonds. The number of benzene rings is 1. The highest BCUT2D eigenvalue weighted by atomic mass is 16.1. The molecule has 0 fully saturated rings. The highest BCUT2D eigenvalue weighted by molar-refractivity contribution is 5.97. The van der Waals surface area contributed by atoms with Gasteiger partial charge in [0.15, 0.2) is 5.78 Å². The number of rotatable bonds is 3. The van der Waals surface area contributed by atoms with E-state index in [1.807, 2.05) is 6.92 Å². The van der Waals surface area contributed by atoms with Gasteiger partial charge in [0, 0.05) is 12.0 Å². The Morgan fingerprint density at radius 2 is 1.82 bits per heavy atom. The summed E-state index contributed by atoms with van der Waals surface area (Å²) < 4.78 is 0. The van der Waals surface area contributed by atoms with Crippen LogP contribution in [0.1, 0.15) is 62.5 Å². The summed E-state index contributed by atoms with van der Waals surface area (Å²) in [5.41, 5.74) is 3.31. The smallest absolute Gasteiger partial charge is 0.163 e. The van der Waals surface area contributed by atoms with E-state index < -0.39 is 0 Å². The number of carbonyl (C=O) groups excluding carboxylic acids is 1. The maximum absolute atomic E-state index is 12.2. The zero-order valence-corrected chi connectivity index (χ0v) is 11.9. The van der Waals surface area contributed by atoms with E-state index in [2.05, 4.69) is 52.8 Å². The van der Waals surface area contributed by atoms with Crippen LogP contribution in [-0.2, 0) is 5.41 Å². The highest BCUT2D eigenvalue weighted by Crippen LogP contribution is 2.25.